The summed E-state index contributed by atoms with van der Waals surface area (Å²) >= 11 is 0. The Kier molecular flexibility index (Phi) is 2.92. The fourth-order valence-corrected chi connectivity index (χ4v) is 1.97. The summed E-state index contributed by atoms with van der Waals surface area (Å²) in [5.74, 6) is 1.06. The first kappa shape index (κ1) is 10.8. The Bertz CT molecular complexity index is 630. The van der Waals surface area contributed by atoms with Crippen LogP contribution < -0.4 is 5.32 Å². The fourth-order valence-electron chi connectivity index (χ4n) is 1.97. The summed E-state index contributed by atoms with van der Waals surface area (Å²) in [5.41, 5.74) is 2.20. The van der Waals surface area contributed by atoms with Crippen molar-refractivity contribution < 1.29 is 0 Å². The van der Waals surface area contributed by atoms with Gasteiger partial charge in [-0.1, -0.05) is 12.1 Å². The second kappa shape index (κ2) is 4.87. The Morgan fingerprint density at radius 3 is 3.00 bits per heavy atom. The summed E-state index contributed by atoms with van der Waals surface area (Å²) in [6, 6.07) is 10.1. The SMILES string of the molecule is c1cncc(CCNc2cccc3nccn23)c1. The number of hydrogen-bond acceptors (Lipinski definition) is 3. The number of nitrogens with one attached hydrogen (secondary N) is 1. The van der Waals surface area contributed by atoms with Crippen molar-refractivity contribution >= 4 is 11.5 Å². The van der Waals surface area contributed by atoms with Gasteiger partial charge in [-0.05, 0) is 30.2 Å². The molecule has 0 fully saturated rings. The minimum absolute atomic E-state index is 0.878. The van der Waals surface area contributed by atoms with Gasteiger partial charge in [-0.15, -0.1) is 0 Å². The summed E-state index contributed by atoms with van der Waals surface area (Å²) in [6.45, 7) is 0.878. The van der Waals surface area contributed by atoms with Gasteiger partial charge < -0.3 is 5.32 Å². The van der Waals surface area contributed by atoms with Crippen molar-refractivity contribution in [1.82, 2.24) is 14.4 Å². The van der Waals surface area contributed by atoms with Gasteiger partial charge in [0.1, 0.15) is 11.5 Å². The highest BCUT2D eigenvalue weighted by Crippen LogP contribution is 2.10. The van der Waals surface area contributed by atoms with Crippen LogP contribution >= 0.6 is 0 Å². The van der Waals surface area contributed by atoms with Crippen LogP contribution in [0.2, 0.25) is 0 Å². The lowest BCUT2D eigenvalue weighted by atomic mass is 10.2. The Morgan fingerprint density at radius 2 is 2.11 bits per heavy atom. The molecule has 3 aromatic rings. The molecule has 0 unspecified atom stereocenters. The van der Waals surface area contributed by atoms with E-state index >= 15 is 0 Å². The molecule has 0 aliphatic carbocycles. The summed E-state index contributed by atoms with van der Waals surface area (Å²) < 4.78 is 2.04. The number of nitrogens with zero attached hydrogens (tertiary/aromatic N) is 3. The first-order valence-electron chi connectivity index (χ1n) is 5.98. The summed E-state index contributed by atoms with van der Waals surface area (Å²) in [4.78, 5) is 8.37. The molecule has 0 radical (unpaired) electrons. The minimum atomic E-state index is 0.878. The largest absolute Gasteiger partial charge is 0.371 e. The minimum Gasteiger partial charge on any atom is -0.371 e. The van der Waals surface area contributed by atoms with E-state index in [-0.39, 0.29) is 0 Å². The molecule has 0 spiro atoms. The van der Waals surface area contributed by atoms with E-state index in [2.05, 4.69) is 27.4 Å². The Hall–Kier alpha value is -2.36. The summed E-state index contributed by atoms with van der Waals surface area (Å²) in [7, 11) is 0. The van der Waals surface area contributed by atoms with Crippen molar-refractivity contribution in [2.75, 3.05) is 11.9 Å². The third-order valence-corrected chi connectivity index (χ3v) is 2.87. The van der Waals surface area contributed by atoms with Gasteiger partial charge in [0.05, 0.1) is 0 Å². The third-order valence-electron chi connectivity index (χ3n) is 2.87. The van der Waals surface area contributed by atoms with E-state index in [4.69, 9.17) is 0 Å². The van der Waals surface area contributed by atoms with Crippen LogP contribution in [0.1, 0.15) is 5.56 Å². The molecule has 0 atom stereocenters. The molecule has 0 aliphatic rings. The molecule has 1 N–H and O–H groups in total. The van der Waals surface area contributed by atoms with E-state index in [0.29, 0.717) is 0 Å². The maximum absolute atomic E-state index is 4.26. The topological polar surface area (TPSA) is 42.2 Å². The average Bonchev–Trinajstić information content (AvgIpc) is 2.89. The van der Waals surface area contributed by atoms with E-state index in [0.717, 1.165) is 24.4 Å². The van der Waals surface area contributed by atoms with Gasteiger partial charge in [0.2, 0.25) is 0 Å². The van der Waals surface area contributed by atoms with Gasteiger partial charge in [0.15, 0.2) is 0 Å². The molecule has 18 heavy (non-hydrogen) atoms. The first-order chi connectivity index (χ1) is 8.93. The van der Waals surface area contributed by atoms with Crippen LogP contribution in [0.3, 0.4) is 0 Å². The monoisotopic (exact) mass is 238 g/mol. The highest BCUT2D eigenvalue weighted by Gasteiger charge is 1.99. The fraction of sp³-hybridized carbons (Fsp3) is 0.143. The van der Waals surface area contributed by atoms with Crippen LogP contribution in [0.4, 0.5) is 5.82 Å². The van der Waals surface area contributed by atoms with Crippen LogP contribution in [-0.2, 0) is 6.42 Å². The number of anilines is 1. The zero-order valence-electron chi connectivity index (χ0n) is 9.95. The van der Waals surface area contributed by atoms with Gasteiger partial charge in [0.25, 0.3) is 0 Å². The van der Waals surface area contributed by atoms with Gasteiger partial charge in [0, 0.05) is 31.3 Å². The Morgan fingerprint density at radius 1 is 1.11 bits per heavy atom. The number of fused-ring (bicyclic) bond motifs is 1. The van der Waals surface area contributed by atoms with E-state index < -0.39 is 0 Å². The Balaban J connectivity index is 1.68. The highest BCUT2D eigenvalue weighted by molar-refractivity contribution is 5.49. The van der Waals surface area contributed by atoms with Gasteiger partial charge in [-0.3, -0.25) is 9.38 Å². The molecule has 90 valence electrons. The highest BCUT2D eigenvalue weighted by atomic mass is 15.1. The van der Waals surface area contributed by atoms with E-state index in [1.807, 2.05) is 41.2 Å². The molecular formula is C14H14N4. The van der Waals surface area contributed by atoms with Gasteiger partial charge >= 0.3 is 0 Å². The van der Waals surface area contributed by atoms with Crippen molar-refractivity contribution in [1.29, 1.82) is 0 Å². The molecular weight excluding hydrogens is 224 g/mol. The number of rotatable bonds is 4. The summed E-state index contributed by atoms with van der Waals surface area (Å²) in [6.07, 6.45) is 8.42. The molecule has 0 aromatic carbocycles. The van der Waals surface area contributed by atoms with Gasteiger partial charge in [-0.25, -0.2) is 4.98 Å². The van der Waals surface area contributed by atoms with Crippen LogP contribution in [0, 0.1) is 0 Å². The van der Waals surface area contributed by atoms with Crippen LogP contribution in [-0.4, -0.2) is 20.9 Å². The van der Waals surface area contributed by atoms with E-state index in [9.17, 15) is 0 Å². The second-order valence-electron chi connectivity index (χ2n) is 4.10. The maximum atomic E-state index is 4.26. The van der Waals surface area contributed by atoms with Crippen molar-refractivity contribution in [3.63, 3.8) is 0 Å². The number of aromatic nitrogens is 3. The zero-order chi connectivity index (χ0) is 12.2. The second-order valence-corrected chi connectivity index (χ2v) is 4.10. The molecule has 3 aromatic heterocycles. The average molecular weight is 238 g/mol. The number of hydrogen-bond donors (Lipinski definition) is 1. The molecule has 0 bridgehead atoms. The molecule has 3 heterocycles. The lowest BCUT2D eigenvalue weighted by Crippen LogP contribution is -2.07. The normalized spacial score (nSPS) is 10.7. The first-order valence-corrected chi connectivity index (χ1v) is 5.98. The molecule has 3 rings (SSSR count). The third kappa shape index (κ3) is 2.18. The molecule has 0 amide bonds. The van der Waals surface area contributed by atoms with Crippen molar-refractivity contribution in [3.8, 4) is 0 Å². The van der Waals surface area contributed by atoms with E-state index in [1.54, 1.807) is 6.20 Å². The quantitative estimate of drug-likeness (QED) is 0.758. The van der Waals surface area contributed by atoms with Crippen molar-refractivity contribution in [2.45, 2.75) is 6.42 Å². The smallest absolute Gasteiger partial charge is 0.138 e. The molecule has 4 nitrogen and oxygen atoms in total. The lowest BCUT2D eigenvalue weighted by molar-refractivity contribution is 0.984. The number of pyridine rings is 2. The van der Waals surface area contributed by atoms with Crippen LogP contribution in [0.5, 0.6) is 0 Å². The van der Waals surface area contributed by atoms with Gasteiger partial charge in [-0.2, -0.15) is 0 Å². The zero-order valence-corrected chi connectivity index (χ0v) is 9.95. The predicted octanol–water partition coefficient (Wildman–Crippen LogP) is 2.38. The Labute approximate surface area is 105 Å². The van der Waals surface area contributed by atoms with Crippen LogP contribution in [0.15, 0.2) is 55.1 Å². The number of imidazole rings is 1. The lowest BCUT2D eigenvalue weighted by Gasteiger charge is -2.08. The van der Waals surface area contributed by atoms with E-state index in [1.165, 1.54) is 5.56 Å². The molecule has 4 heteroatoms. The maximum Gasteiger partial charge on any atom is 0.138 e. The summed E-state index contributed by atoms with van der Waals surface area (Å²) in [5, 5.41) is 3.42. The molecule has 0 aliphatic heterocycles. The standard InChI is InChI=1S/C14H14N4/c1-4-13(18-10-9-17-14(18)5-1)16-8-6-12-3-2-7-15-11-12/h1-5,7,9-11,16H,6,8H2. The van der Waals surface area contributed by atoms with Crippen LogP contribution in [0.25, 0.3) is 5.65 Å². The van der Waals surface area contributed by atoms with Crippen molar-refractivity contribution in [2.24, 2.45) is 0 Å². The van der Waals surface area contributed by atoms with Crippen molar-refractivity contribution in [3.05, 3.63) is 60.7 Å². The molecule has 0 saturated carbocycles. The predicted molar refractivity (Wildman–Crippen MR) is 71.6 cm³/mol. The molecule has 0 saturated heterocycles.